The number of hydrogen-bond donors (Lipinski definition) is 2. The second-order valence-corrected chi connectivity index (χ2v) is 5.39. The van der Waals surface area contributed by atoms with Gasteiger partial charge in [-0.05, 0) is 12.1 Å². The number of nitrogens with one attached hydrogen (secondary N) is 1. The van der Waals surface area contributed by atoms with E-state index in [9.17, 15) is 9.59 Å². The van der Waals surface area contributed by atoms with Crippen LogP contribution in [0.2, 0.25) is 0 Å². The van der Waals surface area contributed by atoms with Crippen LogP contribution in [0.1, 0.15) is 10.5 Å². The van der Waals surface area contributed by atoms with Crippen LogP contribution in [0.3, 0.4) is 0 Å². The maximum atomic E-state index is 12.1. The van der Waals surface area contributed by atoms with Crippen molar-refractivity contribution < 1.29 is 19.4 Å². The Labute approximate surface area is 135 Å². The molecule has 23 heavy (non-hydrogen) atoms. The fourth-order valence-corrected chi connectivity index (χ4v) is 2.69. The van der Waals surface area contributed by atoms with Gasteiger partial charge in [0, 0.05) is 21.8 Å². The predicted octanol–water partition coefficient (Wildman–Crippen LogP) is 3.01. The highest BCUT2D eigenvalue weighted by Crippen LogP contribution is 2.31. The summed E-state index contributed by atoms with van der Waals surface area (Å²) in [7, 11) is 0. The Kier molecular flexibility index (Phi) is 4.20. The van der Waals surface area contributed by atoms with Crippen LogP contribution in [-0.4, -0.2) is 28.6 Å². The lowest BCUT2D eigenvalue weighted by Gasteiger charge is -2.12. The van der Waals surface area contributed by atoms with E-state index < -0.39 is 12.6 Å². The standard InChI is InChI=1S/C16H12N2O4S/c19-15(20)7-22-14-6-5-12(10-3-1-2-4-11(10)14)18-16(21)13-8-23-9-17-13/h1-6,8-9H,7H2,(H,18,21)(H,19,20). The number of hydrogen-bond acceptors (Lipinski definition) is 5. The number of nitrogens with zero attached hydrogens (tertiary/aromatic N) is 1. The summed E-state index contributed by atoms with van der Waals surface area (Å²) in [4.78, 5) is 26.8. The monoisotopic (exact) mass is 328 g/mol. The van der Waals surface area contributed by atoms with Crippen molar-refractivity contribution in [3.63, 3.8) is 0 Å². The van der Waals surface area contributed by atoms with Crippen molar-refractivity contribution in [2.45, 2.75) is 0 Å². The van der Waals surface area contributed by atoms with Crippen LogP contribution in [0.25, 0.3) is 10.8 Å². The van der Waals surface area contributed by atoms with Crippen molar-refractivity contribution in [2.75, 3.05) is 11.9 Å². The number of anilines is 1. The molecule has 0 aliphatic rings. The summed E-state index contributed by atoms with van der Waals surface area (Å²) < 4.78 is 5.29. The van der Waals surface area contributed by atoms with E-state index in [1.807, 2.05) is 24.3 Å². The zero-order valence-electron chi connectivity index (χ0n) is 11.9. The maximum absolute atomic E-state index is 12.1. The third kappa shape index (κ3) is 3.29. The topological polar surface area (TPSA) is 88.5 Å². The average Bonchev–Trinajstić information content (AvgIpc) is 3.08. The molecule has 1 amide bonds. The van der Waals surface area contributed by atoms with E-state index >= 15 is 0 Å². The number of aromatic nitrogens is 1. The number of carbonyl (C=O) groups excluding carboxylic acids is 1. The number of carboxylic acid groups (broad SMARTS) is 1. The van der Waals surface area contributed by atoms with Crippen LogP contribution in [0, 0.1) is 0 Å². The van der Waals surface area contributed by atoms with E-state index in [1.165, 1.54) is 11.3 Å². The van der Waals surface area contributed by atoms with E-state index in [4.69, 9.17) is 9.84 Å². The summed E-state index contributed by atoms with van der Waals surface area (Å²) in [5.41, 5.74) is 2.56. The Morgan fingerprint density at radius 1 is 1.17 bits per heavy atom. The summed E-state index contributed by atoms with van der Waals surface area (Å²) >= 11 is 1.35. The average molecular weight is 328 g/mol. The largest absolute Gasteiger partial charge is 0.481 e. The lowest BCUT2D eigenvalue weighted by atomic mass is 10.1. The highest BCUT2D eigenvalue weighted by molar-refractivity contribution is 7.07. The molecule has 0 atom stereocenters. The van der Waals surface area contributed by atoms with Crippen molar-refractivity contribution in [3.05, 3.63) is 53.0 Å². The molecular formula is C16H12N2O4S. The number of ether oxygens (including phenoxy) is 1. The SMILES string of the molecule is O=C(O)COc1ccc(NC(=O)c2cscn2)c2ccccc12. The van der Waals surface area contributed by atoms with Gasteiger partial charge in [-0.1, -0.05) is 24.3 Å². The van der Waals surface area contributed by atoms with Crippen molar-refractivity contribution in [2.24, 2.45) is 0 Å². The first-order chi connectivity index (χ1) is 11.1. The number of amides is 1. The molecule has 1 aromatic heterocycles. The van der Waals surface area contributed by atoms with E-state index in [1.54, 1.807) is 23.0 Å². The lowest BCUT2D eigenvalue weighted by Crippen LogP contribution is -2.13. The molecule has 3 aromatic rings. The molecule has 0 bridgehead atoms. The maximum Gasteiger partial charge on any atom is 0.341 e. The second kappa shape index (κ2) is 6.45. The third-order valence-electron chi connectivity index (χ3n) is 3.15. The smallest absolute Gasteiger partial charge is 0.341 e. The van der Waals surface area contributed by atoms with Gasteiger partial charge in [-0.2, -0.15) is 0 Å². The lowest BCUT2D eigenvalue weighted by molar-refractivity contribution is -0.139. The van der Waals surface area contributed by atoms with Gasteiger partial charge in [0.15, 0.2) is 6.61 Å². The van der Waals surface area contributed by atoms with Gasteiger partial charge in [0.25, 0.3) is 5.91 Å². The summed E-state index contributed by atoms with van der Waals surface area (Å²) in [5, 5.41) is 14.7. The van der Waals surface area contributed by atoms with Crippen molar-refractivity contribution in [3.8, 4) is 5.75 Å². The fourth-order valence-electron chi connectivity index (χ4n) is 2.16. The first-order valence-electron chi connectivity index (χ1n) is 6.71. The van der Waals surface area contributed by atoms with E-state index in [2.05, 4.69) is 10.3 Å². The quantitative estimate of drug-likeness (QED) is 0.751. The van der Waals surface area contributed by atoms with Crippen LogP contribution in [0.4, 0.5) is 5.69 Å². The van der Waals surface area contributed by atoms with Gasteiger partial charge in [-0.3, -0.25) is 4.79 Å². The Morgan fingerprint density at radius 3 is 2.65 bits per heavy atom. The molecule has 2 N–H and O–H groups in total. The molecule has 0 aliphatic heterocycles. The molecule has 0 aliphatic carbocycles. The second-order valence-electron chi connectivity index (χ2n) is 4.67. The minimum Gasteiger partial charge on any atom is -0.481 e. The number of aliphatic carboxylic acids is 1. The molecule has 0 saturated heterocycles. The summed E-state index contributed by atoms with van der Waals surface area (Å²) in [5.74, 6) is -0.889. The molecule has 7 heteroatoms. The number of carboxylic acids is 1. The van der Waals surface area contributed by atoms with E-state index in [0.717, 1.165) is 10.8 Å². The van der Waals surface area contributed by atoms with Gasteiger partial charge in [-0.25, -0.2) is 9.78 Å². The number of fused-ring (bicyclic) bond motifs is 1. The minimum absolute atomic E-state index is 0.296. The van der Waals surface area contributed by atoms with Gasteiger partial charge >= 0.3 is 5.97 Å². The van der Waals surface area contributed by atoms with Gasteiger partial charge in [-0.15, -0.1) is 11.3 Å². The molecule has 1 heterocycles. The molecular weight excluding hydrogens is 316 g/mol. The molecule has 0 unspecified atom stereocenters. The number of carbonyl (C=O) groups is 2. The van der Waals surface area contributed by atoms with Crippen LogP contribution < -0.4 is 10.1 Å². The van der Waals surface area contributed by atoms with Crippen LogP contribution in [-0.2, 0) is 4.79 Å². The highest BCUT2D eigenvalue weighted by atomic mass is 32.1. The third-order valence-corrected chi connectivity index (χ3v) is 3.73. The van der Waals surface area contributed by atoms with Crippen molar-refractivity contribution >= 4 is 39.7 Å². The summed E-state index contributed by atoms with van der Waals surface area (Å²) in [6, 6.07) is 10.6. The Balaban J connectivity index is 1.94. The molecule has 6 nitrogen and oxygen atoms in total. The first-order valence-corrected chi connectivity index (χ1v) is 7.65. The molecule has 0 spiro atoms. The van der Waals surface area contributed by atoms with Crippen LogP contribution in [0.15, 0.2) is 47.3 Å². The molecule has 2 aromatic carbocycles. The molecule has 116 valence electrons. The van der Waals surface area contributed by atoms with Crippen LogP contribution >= 0.6 is 11.3 Å². The van der Waals surface area contributed by atoms with Crippen molar-refractivity contribution in [1.82, 2.24) is 4.98 Å². The van der Waals surface area contributed by atoms with E-state index in [0.29, 0.717) is 17.1 Å². The van der Waals surface area contributed by atoms with Crippen molar-refractivity contribution in [1.29, 1.82) is 0 Å². The van der Waals surface area contributed by atoms with Crippen LogP contribution in [0.5, 0.6) is 5.75 Å². The predicted molar refractivity (Wildman–Crippen MR) is 87.1 cm³/mol. The number of thiazole rings is 1. The summed E-state index contributed by atoms with van der Waals surface area (Å²) in [6.45, 7) is -0.422. The molecule has 3 rings (SSSR count). The zero-order valence-corrected chi connectivity index (χ0v) is 12.7. The van der Waals surface area contributed by atoms with Gasteiger partial charge in [0.1, 0.15) is 11.4 Å². The number of benzene rings is 2. The Hall–Kier alpha value is -2.93. The fraction of sp³-hybridized carbons (Fsp3) is 0.0625. The summed E-state index contributed by atoms with van der Waals surface area (Å²) in [6.07, 6.45) is 0. The zero-order chi connectivity index (χ0) is 16.2. The highest BCUT2D eigenvalue weighted by Gasteiger charge is 2.12. The normalized spacial score (nSPS) is 10.4. The molecule has 0 fully saturated rings. The van der Waals surface area contributed by atoms with Gasteiger partial charge in [0.2, 0.25) is 0 Å². The van der Waals surface area contributed by atoms with Gasteiger partial charge < -0.3 is 15.2 Å². The molecule has 0 saturated carbocycles. The Bertz CT molecular complexity index is 862. The minimum atomic E-state index is -1.05. The van der Waals surface area contributed by atoms with Gasteiger partial charge in [0.05, 0.1) is 5.51 Å². The van der Waals surface area contributed by atoms with E-state index in [-0.39, 0.29) is 5.91 Å². The first kappa shape index (κ1) is 15.0. The number of rotatable bonds is 5. The Morgan fingerprint density at radius 2 is 1.96 bits per heavy atom. The molecule has 0 radical (unpaired) electrons.